The highest BCUT2D eigenvalue weighted by Gasteiger charge is 2.19. The fraction of sp³-hybridized carbons (Fsp3) is 0. The molecule has 0 amide bonds. The van der Waals surface area contributed by atoms with Crippen molar-refractivity contribution in [3.8, 4) is 56.0 Å². The molecular weight excluding hydrogens is 669 g/mol. The van der Waals surface area contributed by atoms with Crippen molar-refractivity contribution in [2.24, 2.45) is 0 Å². The van der Waals surface area contributed by atoms with Gasteiger partial charge in [-0.25, -0.2) is 9.97 Å². The second-order valence-electron chi connectivity index (χ2n) is 14.2. The van der Waals surface area contributed by atoms with Crippen molar-refractivity contribution in [2.75, 3.05) is 0 Å². The SMILES string of the molecule is c1ccc(-c2cccc(-c3cc(-c4nc(-c5ccc(-c6cccc7ccccc67)cc5)c5ccccc5n4)cc4oc5cc6ccccc6cc5c34)c2)cc1. The summed E-state index contributed by atoms with van der Waals surface area (Å²) in [6, 6.07) is 68.6. The number of aromatic nitrogens is 2. The fourth-order valence-electron chi connectivity index (χ4n) is 8.16. The lowest BCUT2D eigenvalue weighted by atomic mass is 9.93. The first-order valence-electron chi connectivity index (χ1n) is 18.6. The van der Waals surface area contributed by atoms with E-state index in [1.165, 1.54) is 32.8 Å². The zero-order chi connectivity index (χ0) is 36.3. The van der Waals surface area contributed by atoms with Gasteiger partial charge >= 0.3 is 0 Å². The van der Waals surface area contributed by atoms with Gasteiger partial charge in [-0.2, -0.15) is 0 Å². The van der Waals surface area contributed by atoms with Gasteiger partial charge in [0.2, 0.25) is 0 Å². The van der Waals surface area contributed by atoms with E-state index in [0.29, 0.717) is 5.82 Å². The number of hydrogen-bond acceptors (Lipinski definition) is 3. The lowest BCUT2D eigenvalue weighted by Gasteiger charge is -2.13. The molecule has 55 heavy (non-hydrogen) atoms. The standard InChI is InChI=1S/C52H32N2O/c1-2-12-33(13-3-1)37-18-10-19-40(28-37)45-30-41(32-49-50(45)46-29-38-15-4-5-16-39(38)31-48(46)55-49)52-53-47-23-9-8-21-44(47)51(54-52)36-26-24-35(25-27-36)43-22-11-17-34-14-6-7-20-42(34)43/h1-32H. The normalized spacial score (nSPS) is 11.6. The van der Waals surface area contributed by atoms with Crippen LogP contribution in [0.1, 0.15) is 0 Å². The Labute approximate surface area is 317 Å². The van der Waals surface area contributed by atoms with Gasteiger partial charge in [0.1, 0.15) is 11.2 Å². The van der Waals surface area contributed by atoms with Crippen molar-refractivity contribution in [3.63, 3.8) is 0 Å². The molecule has 11 aromatic rings. The highest BCUT2D eigenvalue weighted by atomic mass is 16.3. The molecule has 9 aromatic carbocycles. The Hall–Kier alpha value is -7.36. The minimum Gasteiger partial charge on any atom is -0.456 e. The van der Waals surface area contributed by atoms with Gasteiger partial charge in [0.25, 0.3) is 0 Å². The molecule has 0 spiro atoms. The van der Waals surface area contributed by atoms with Crippen molar-refractivity contribution in [3.05, 3.63) is 194 Å². The molecule has 0 saturated heterocycles. The van der Waals surface area contributed by atoms with E-state index < -0.39 is 0 Å². The summed E-state index contributed by atoms with van der Waals surface area (Å²) in [7, 11) is 0. The highest BCUT2D eigenvalue weighted by molar-refractivity contribution is 6.16. The summed E-state index contributed by atoms with van der Waals surface area (Å²) >= 11 is 0. The van der Waals surface area contributed by atoms with Crippen LogP contribution in [0.5, 0.6) is 0 Å². The van der Waals surface area contributed by atoms with Crippen LogP contribution in [-0.4, -0.2) is 9.97 Å². The third kappa shape index (κ3) is 5.36. The van der Waals surface area contributed by atoms with E-state index in [1.807, 2.05) is 6.07 Å². The zero-order valence-corrected chi connectivity index (χ0v) is 29.8. The Bertz CT molecular complexity index is 3250. The van der Waals surface area contributed by atoms with E-state index in [0.717, 1.165) is 71.7 Å². The van der Waals surface area contributed by atoms with Crippen LogP contribution < -0.4 is 0 Å². The van der Waals surface area contributed by atoms with Gasteiger partial charge in [0.15, 0.2) is 5.82 Å². The topological polar surface area (TPSA) is 38.9 Å². The summed E-state index contributed by atoms with van der Waals surface area (Å²) < 4.78 is 6.73. The van der Waals surface area contributed by atoms with Crippen molar-refractivity contribution in [2.45, 2.75) is 0 Å². The predicted octanol–water partition coefficient (Wildman–Crippen LogP) is 14.2. The van der Waals surface area contributed by atoms with E-state index >= 15 is 0 Å². The largest absolute Gasteiger partial charge is 0.456 e. The summed E-state index contributed by atoms with van der Waals surface area (Å²) in [5.74, 6) is 0.653. The minimum atomic E-state index is 0.653. The number of rotatable bonds is 5. The summed E-state index contributed by atoms with van der Waals surface area (Å²) in [5.41, 5.74) is 12.3. The first-order chi connectivity index (χ1) is 27.2. The van der Waals surface area contributed by atoms with Crippen LogP contribution in [0.4, 0.5) is 0 Å². The molecule has 2 aromatic heterocycles. The number of fused-ring (bicyclic) bond motifs is 6. The van der Waals surface area contributed by atoms with Crippen LogP contribution >= 0.6 is 0 Å². The molecule has 0 N–H and O–H groups in total. The average molecular weight is 701 g/mol. The van der Waals surface area contributed by atoms with Crippen molar-refractivity contribution < 1.29 is 4.42 Å². The van der Waals surface area contributed by atoms with Crippen molar-refractivity contribution in [1.82, 2.24) is 9.97 Å². The van der Waals surface area contributed by atoms with Gasteiger partial charge in [-0.05, 0) is 91.3 Å². The summed E-state index contributed by atoms with van der Waals surface area (Å²) in [6.07, 6.45) is 0. The summed E-state index contributed by atoms with van der Waals surface area (Å²) in [6.45, 7) is 0. The minimum absolute atomic E-state index is 0.653. The van der Waals surface area contributed by atoms with E-state index in [9.17, 15) is 0 Å². The van der Waals surface area contributed by atoms with Crippen LogP contribution in [0.2, 0.25) is 0 Å². The maximum atomic E-state index is 6.73. The Morgan fingerprint density at radius 1 is 0.327 bits per heavy atom. The molecular formula is C52H32N2O. The van der Waals surface area contributed by atoms with Crippen molar-refractivity contribution >= 4 is 54.4 Å². The van der Waals surface area contributed by atoms with Gasteiger partial charge in [0, 0.05) is 27.3 Å². The first-order valence-corrected chi connectivity index (χ1v) is 18.6. The molecule has 0 fully saturated rings. The fourth-order valence-corrected chi connectivity index (χ4v) is 8.16. The van der Waals surface area contributed by atoms with Crippen molar-refractivity contribution in [1.29, 1.82) is 0 Å². The monoisotopic (exact) mass is 700 g/mol. The molecule has 2 heterocycles. The molecule has 0 saturated carbocycles. The van der Waals surface area contributed by atoms with Gasteiger partial charge < -0.3 is 4.42 Å². The number of hydrogen-bond donors (Lipinski definition) is 0. The third-order valence-corrected chi connectivity index (χ3v) is 10.8. The maximum Gasteiger partial charge on any atom is 0.160 e. The Morgan fingerprint density at radius 3 is 1.84 bits per heavy atom. The van der Waals surface area contributed by atoms with Gasteiger partial charge in [0.05, 0.1) is 11.2 Å². The molecule has 0 unspecified atom stereocenters. The molecule has 3 nitrogen and oxygen atoms in total. The van der Waals surface area contributed by atoms with E-state index in [1.54, 1.807) is 0 Å². The zero-order valence-electron chi connectivity index (χ0n) is 29.8. The predicted molar refractivity (Wildman–Crippen MR) is 229 cm³/mol. The molecule has 0 aliphatic heterocycles. The second-order valence-corrected chi connectivity index (χ2v) is 14.2. The lowest BCUT2D eigenvalue weighted by Crippen LogP contribution is -1.96. The van der Waals surface area contributed by atoms with E-state index in [2.05, 4.69) is 188 Å². The van der Waals surface area contributed by atoms with E-state index in [4.69, 9.17) is 14.4 Å². The Balaban J connectivity index is 1.11. The number of para-hydroxylation sites is 1. The summed E-state index contributed by atoms with van der Waals surface area (Å²) in [4.78, 5) is 10.5. The van der Waals surface area contributed by atoms with Gasteiger partial charge in [-0.1, -0.05) is 158 Å². The van der Waals surface area contributed by atoms with Crippen LogP contribution in [0, 0.1) is 0 Å². The molecule has 0 bridgehead atoms. The van der Waals surface area contributed by atoms with Gasteiger partial charge in [-0.15, -0.1) is 0 Å². The number of nitrogens with zero attached hydrogens (tertiary/aromatic N) is 2. The van der Waals surface area contributed by atoms with Gasteiger partial charge in [-0.3, -0.25) is 0 Å². The maximum absolute atomic E-state index is 6.73. The quantitative estimate of drug-likeness (QED) is 0.179. The number of benzene rings is 9. The lowest BCUT2D eigenvalue weighted by molar-refractivity contribution is 0.669. The Kier molecular flexibility index (Phi) is 7.17. The molecule has 3 heteroatoms. The molecule has 11 rings (SSSR count). The summed E-state index contributed by atoms with van der Waals surface area (Å²) in [5, 5.41) is 7.99. The smallest absolute Gasteiger partial charge is 0.160 e. The van der Waals surface area contributed by atoms with Crippen LogP contribution in [0.25, 0.3) is 110 Å². The van der Waals surface area contributed by atoms with Crippen LogP contribution in [-0.2, 0) is 0 Å². The second kappa shape index (κ2) is 12.6. The van der Waals surface area contributed by atoms with Crippen LogP contribution in [0.15, 0.2) is 199 Å². The van der Waals surface area contributed by atoms with E-state index in [-0.39, 0.29) is 0 Å². The molecule has 0 aliphatic rings. The molecule has 256 valence electrons. The molecule has 0 aliphatic carbocycles. The highest BCUT2D eigenvalue weighted by Crippen LogP contribution is 2.42. The molecule has 0 atom stereocenters. The first kappa shape index (κ1) is 31.2. The average Bonchev–Trinajstić information content (AvgIpc) is 3.62. The van der Waals surface area contributed by atoms with Crippen LogP contribution in [0.3, 0.4) is 0 Å². The number of furan rings is 1. The molecule has 0 radical (unpaired) electrons. The third-order valence-electron chi connectivity index (χ3n) is 10.8. The Morgan fingerprint density at radius 2 is 0.982 bits per heavy atom.